The molecule has 4 heteroatoms. The van der Waals surface area contributed by atoms with E-state index in [9.17, 15) is 0 Å². The summed E-state index contributed by atoms with van der Waals surface area (Å²) in [6, 6.07) is 0.823. The van der Waals surface area contributed by atoms with Crippen molar-refractivity contribution in [2.24, 2.45) is 0 Å². The van der Waals surface area contributed by atoms with E-state index in [0.29, 0.717) is 12.5 Å². The minimum Gasteiger partial charge on any atom is -0.403 e. The van der Waals surface area contributed by atoms with Crippen LogP contribution in [0.2, 0.25) is 12.6 Å². The first kappa shape index (κ1) is 9.76. The molecule has 1 atom stereocenters. The van der Waals surface area contributed by atoms with E-state index in [-0.39, 0.29) is 0 Å². The third-order valence-corrected chi connectivity index (χ3v) is 4.42. The third-order valence-electron chi connectivity index (χ3n) is 0.986. The van der Waals surface area contributed by atoms with Crippen molar-refractivity contribution in [2.75, 3.05) is 12.5 Å². The average molecular weight is 187 g/mol. The van der Waals surface area contributed by atoms with Crippen molar-refractivity contribution in [1.82, 2.24) is 0 Å². The summed E-state index contributed by atoms with van der Waals surface area (Å²) in [6.07, 6.45) is 0. The van der Waals surface area contributed by atoms with E-state index >= 15 is 0 Å². The van der Waals surface area contributed by atoms with Crippen LogP contribution in [0, 0.1) is 0 Å². The molecule has 0 N–H and O–H groups in total. The number of rotatable bonds is 4. The van der Waals surface area contributed by atoms with E-state index in [4.69, 9.17) is 27.1 Å². The SMILES string of the molecule is CCO[Si](C)(Cl)CCCl. The maximum absolute atomic E-state index is 5.97. The lowest BCUT2D eigenvalue weighted by Crippen LogP contribution is -2.27. The highest BCUT2D eigenvalue weighted by molar-refractivity contribution is 7.16. The molecule has 0 amide bonds. The van der Waals surface area contributed by atoms with E-state index < -0.39 is 7.63 Å². The molecular formula is C5H12Cl2OSi. The topological polar surface area (TPSA) is 9.23 Å². The molecule has 0 heterocycles. The molecule has 0 bridgehead atoms. The van der Waals surface area contributed by atoms with Gasteiger partial charge in [0.25, 0.3) is 7.63 Å². The summed E-state index contributed by atoms with van der Waals surface area (Å²) < 4.78 is 5.29. The Hall–Kier alpha value is 0.757. The highest BCUT2D eigenvalue weighted by atomic mass is 35.6. The molecule has 0 aromatic rings. The van der Waals surface area contributed by atoms with Crippen LogP contribution < -0.4 is 0 Å². The lowest BCUT2D eigenvalue weighted by atomic mass is 10.9. The fourth-order valence-corrected chi connectivity index (χ4v) is 3.61. The Morgan fingerprint density at radius 2 is 2.11 bits per heavy atom. The molecular weight excluding hydrogens is 175 g/mol. The molecule has 1 unspecified atom stereocenters. The molecule has 0 aromatic heterocycles. The zero-order valence-corrected chi connectivity index (χ0v) is 8.30. The van der Waals surface area contributed by atoms with Crippen LogP contribution >= 0.6 is 22.7 Å². The van der Waals surface area contributed by atoms with Crippen LogP contribution in [0.1, 0.15) is 6.92 Å². The second-order valence-electron chi connectivity index (χ2n) is 1.97. The first-order valence-electron chi connectivity index (χ1n) is 3.01. The Kier molecular flexibility index (Phi) is 4.94. The van der Waals surface area contributed by atoms with Crippen molar-refractivity contribution in [1.29, 1.82) is 0 Å². The van der Waals surface area contributed by atoms with Crippen molar-refractivity contribution in [3.63, 3.8) is 0 Å². The quantitative estimate of drug-likeness (QED) is 0.373. The molecule has 1 nitrogen and oxygen atoms in total. The Morgan fingerprint density at radius 3 is 2.44 bits per heavy atom. The molecule has 9 heavy (non-hydrogen) atoms. The van der Waals surface area contributed by atoms with Gasteiger partial charge in [0.1, 0.15) is 0 Å². The van der Waals surface area contributed by atoms with Crippen LogP contribution in [0.5, 0.6) is 0 Å². The summed E-state index contributed by atoms with van der Waals surface area (Å²) in [5, 5.41) is 0. The van der Waals surface area contributed by atoms with Gasteiger partial charge in [0.2, 0.25) is 0 Å². The fraction of sp³-hybridized carbons (Fsp3) is 1.00. The Labute approximate surface area is 67.1 Å². The maximum Gasteiger partial charge on any atom is 0.288 e. The van der Waals surface area contributed by atoms with Gasteiger partial charge in [0.15, 0.2) is 0 Å². The van der Waals surface area contributed by atoms with Gasteiger partial charge < -0.3 is 4.43 Å². The number of hydrogen-bond donors (Lipinski definition) is 0. The van der Waals surface area contributed by atoms with Crippen LogP contribution in [-0.2, 0) is 4.43 Å². The summed E-state index contributed by atoms with van der Waals surface area (Å²) >= 11 is 11.5. The average Bonchev–Trinajstić information content (AvgIpc) is 1.64. The van der Waals surface area contributed by atoms with Gasteiger partial charge in [-0.2, -0.15) is 0 Å². The maximum atomic E-state index is 5.97. The monoisotopic (exact) mass is 186 g/mol. The van der Waals surface area contributed by atoms with Crippen LogP contribution in [-0.4, -0.2) is 20.1 Å². The molecule has 0 spiro atoms. The van der Waals surface area contributed by atoms with Crippen molar-refractivity contribution in [3.05, 3.63) is 0 Å². The predicted octanol–water partition coefficient (Wildman–Crippen LogP) is 2.57. The predicted molar refractivity (Wildman–Crippen MR) is 44.6 cm³/mol. The summed E-state index contributed by atoms with van der Waals surface area (Å²) in [4.78, 5) is 0. The molecule has 0 aliphatic heterocycles. The number of halogens is 2. The first-order chi connectivity index (χ1) is 4.12. The summed E-state index contributed by atoms with van der Waals surface area (Å²) in [5.74, 6) is 0.603. The van der Waals surface area contributed by atoms with Gasteiger partial charge in [0.05, 0.1) is 0 Å². The van der Waals surface area contributed by atoms with Crippen LogP contribution in [0.4, 0.5) is 0 Å². The minimum atomic E-state index is -1.86. The second kappa shape index (κ2) is 4.55. The lowest BCUT2D eigenvalue weighted by molar-refractivity contribution is 0.340. The van der Waals surface area contributed by atoms with E-state index in [1.165, 1.54) is 0 Å². The highest BCUT2D eigenvalue weighted by Gasteiger charge is 2.24. The van der Waals surface area contributed by atoms with Crippen molar-refractivity contribution >= 4 is 30.3 Å². The van der Waals surface area contributed by atoms with E-state index in [0.717, 1.165) is 6.04 Å². The first-order valence-corrected chi connectivity index (χ1v) is 7.17. The van der Waals surface area contributed by atoms with Gasteiger partial charge in [-0.1, -0.05) is 0 Å². The fourth-order valence-electron chi connectivity index (χ4n) is 0.542. The number of alkyl halides is 1. The van der Waals surface area contributed by atoms with Gasteiger partial charge in [-0.25, -0.2) is 0 Å². The lowest BCUT2D eigenvalue weighted by Gasteiger charge is -2.16. The molecule has 0 aliphatic rings. The van der Waals surface area contributed by atoms with Crippen molar-refractivity contribution in [3.8, 4) is 0 Å². The van der Waals surface area contributed by atoms with Crippen LogP contribution in [0.3, 0.4) is 0 Å². The van der Waals surface area contributed by atoms with E-state index in [1.54, 1.807) is 0 Å². The van der Waals surface area contributed by atoms with Gasteiger partial charge in [-0.3, -0.25) is 0 Å². The van der Waals surface area contributed by atoms with E-state index in [1.807, 2.05) is 13.5 Å². The largest absolute Gasteiger partial charge is 0.403 e. The summed E-state index contributed by atoms with van der Waals surface area (Å²) in [5.41, 5.74) is 0. The third kappa shape index (κ3) is 5.21. The molecule has 0 aromatic carbocycles. The van der Waals surface area contributed by atoms with Crippen molar-refractivity contribution < 1.29 is 4.43 Å². The Balaban J connectivity index is 3.43. The Bertz CT molecular complexity index is 69.4. The number of hydrogen-bond acceptors (Lipinski definition) is 1. The molecule has 0 saturated heterocycles. The van der Waals surface area contributed by atoms with Gasteiger partial charge in [0, 0.05) is 12.5 Å². The molecule has 0 aliphatic carbocycles. The van der Waals surface area contributed by atoms with Crippen molar-refractivity contribution in [2.45, 2.75) is 19.5 Å². The normalized spacial score (nSPS) is 17.3. The highest BCUT2D eigenvalue weighted by Crippen LogP contribution is 2.16. The molecule has 0 rings (SSSR count). The smallest absolute Gasteiger partial charge is 0.288 e. The van der Waals surface area contributed by atoms with Gasteiger partial charge >= 0.3 is 0 Å². The van der Waals surface area contributed by atoms with Gasteiger partial charge in [-0.15, -0.1) is 22.7 Å². The molecule has 0 fully saturated rings. The zero-order valence-electron chi connectivity index (χ0n) is 5.79. The second-order valence-corrected chi connectivity index (χ2v) is 7.74. The van der Waals surface area contributed by atoms with Crippen LogP contribution in [0.25, 0.3) is 0 Å². The summed E-state index contributed by atoms with van der Waals surface area (Å²) in [7, 11) is -1.86. The molecule has 0 radical (unpaired) electrons. The van der Waals surface area contributed by atoms with Gasteiger partial charge in [-0.05, 0) is 19.5 Å². The zero-order chi connectivity index (χ0) is 7.33. The standard InChI is InChI=1S/C5H12Cl2OSi/c1-3-8-9(2,7)5-4-6/h3-5H2,1-2H3. The minimum absolute atomic E-state index is 0.603. The molecule has 0 saturated carbocycles. The van der Waals surface area contributed by atoms with E-state index in [2.05, 4.69) is 0 Å². The van der Waals surface area contributed by atoms with Crippen LogP contribution in [0.15, 0.2) is 0 Å². The molecule has 56 valence electrons. The Morgan fingerprint density at radius 1 is 1.56 bits per heavy atom. The summed E-state index contributed by atoms with van der Waals surface area (Å²) in [6.45, 7) is 4.60.